The molecule has 0 aromatic heterocycles. The molecule has 1 aliphatic carbocycles. The number of rotatable bonds is 3. The summed E-state index contributed by atoms with van der Waals surface area (Å²) in [6.45, 7) is 6.16. The quantitative estimate of drug-likeness (QED) is 0.677. The van der Waals surface area contributed by atoms with E-state index < -0.39 is 0 Å². The van der Waals surface area contributed by atoms with Crippen molar-refractivity contribution in [2.45, 2.75) is 12.5 Å². The second-order valence-electron chi connectivity index (χ2n) is 4.76. The smallest absolute Gasteiger partial charge is 0.0382 e. The van der Waals surface area contributed by atoms with Crippen molar-refractivity contribution in [2.75, 3.05) is 13.1 Å². The number of hydrogen-bond donors (Lipinski definition) is 0. The van der Waals surface area contributed by atoms with Crippen molar-refractivity contribution < 1.29 is 0 Å². The van der Waals surface area contributed by atoms with Gasteiger partial charge in [0.05, 0.1) is 0 Å². The molecule has 1 heterocycles. The highest BCUT2D eigenvalue weighted by Gasteiger charge is 2.52. The van der Waals surface area contributed by atoms with Crippen LogP contribution < -0.4 is 0 Å². The number of benzene rings is 1. The summed E-state index contributed by atoms with van der Waals surface area (Å²) in [6, 6.07) is 11.6. The molecule has 78 valence electrons. The van der Waals surface area contributed by atoms with Gasteiger partial charge in [0, 0.05) is 19.1 Å². The Bertz CT molecular complexity index is 357. The first-order valence-electron chi connectivity index (χ1n) is 5.80. The lowest BCUT2D eigenvalue weighted by atomic mass is 10.0. The van der Waals surface area contributed by atoms with E-state index in [-0.39, 0.29) is 0 Å². The average Bonchev–Trinajstić information content (AvgIpc) is 2.92. The van der Waals surface area contributed by atoms with Gasteiger partial charge in [0.25, 0.3) is 0 Å². The van der Waals surface area contributed by atoms with E-state index in [9.17, 15) is 0 Å². The molecule has 0 unspecified atom stereocenters. The molecular weight excluding hydrogens is 182 g/mol. The van der Waals surface area contributed by atoms with Crippen molar-refractivity contribution in [2.24, 2.45) is 11.8 Å². The second-order valence-corrected chi connectivity index (χ2v) is 4.76. The molecule has 0 spiro atoms. The minimum Gasteiger partial charge on any atom is -0.292 e. The van der Waals surface area contributed by atoms with Crippen molar-refractivity contribution in [3.05, 3.63) is 48.6 Å². The Balaban J connectivity index is 1.86. The van der Waals surface area contributed by atoms with Crippen LogP contribution in [0, 0.1) is 11.8 Å². The van der Waals surface area contributed by atoms with Crippen LogP contribution >= 0.6 is 0 Å². The van der Waals surface area contributed by atoms with Gasteiger partial charge >= 0.3 is 0 Å². The summed E-state index contributed by atoms with van der Waals surface area (Å²) in [6.07, 6.45) is 3.47. The molecule has 1 saturated carbocycles. The fraction of sp³-hybridized carbons (Fsp3) is 0.429. The fourth-order valence-electron chi connectivity index (χ4n) is 3.02. The third kappa shape index (κ3) is 1.51. The normalized spacial score (nSPS) is 33.7. The van der Waals surface area contributed by atoms with E-state index in [0.717, 1.165) is 18.4 Å². The lowest BCUT2D eigenvalue weighted by Gasteiger charge is -2.26. The molecule has 1 aromatic carbocycles. The number of piperidine rings is 1. The van der Waals surface area contributed by atoms with Crippen LogP contribution in [-0.2, 0) is 0 Å². The van der Waals surface area contributed by atoms with Crippen molar-refractivity contribution in [3.8, 4) is 0 Å². The summed E-state index contributed by atoms with van der Waals surface area (Å²) < 4.78 is 0. The third-order valence-electron chi connectivity index (χ3n) is 3.75. The second kappa shape index (κ2) is 3.49. The number of fused-ring (bicyclic) bond motifs is 1. The highest BCUT2D eigenvalue weighted by molar-refractivity contribution is 5.24. The zero-order valence-corrected chi connectivity index (χ0v) is 8.97. The minimum absolute atomic E-state index is 0.661. The Kier molecular flexibility index (Phi) is 2.14. The number of likely N-dealkylation sites (tertiary alicyclic amines) is 1. The standard InChI is InChI=1S/C14H17N/c1-2-8-15-10-12-9-13(12)14(15)11-6-4-3-5-7-11/h2-7,12-14H,1,8-10H2/t12-,13-,14-/m0/s1. The first-order valence-corrected chi connectivity index (χ1v) is 5.80. The van der Waals surface area contributed by atoms with Crippen LogP contribution in [0.2, 0.25) is 0 Å². The van der Waals surface area contributed by atoms with Crippen molar-refractivity contribution in [3.63, 3.8) is 0 Å². The average molecular weight is 199 g/mol. The molecular formula is C14H17N. The molecule has 2 aliphatic rings. The molecule has 0 amide bonds. The van der Waals surface area contributed by atoms with E-state index in [1.54, 1.807) is 0 Å². The summed E-state index contributed by atoms with van der Waals surface area (Å²) >= 11 is 0. The lowest BCUT2D eigenvalue weighted by Crippen LogP contribution is -2.26. The molecule has 2 fully saturated rings. The summed E-state index contributed by atoms with van der Waals surface area (Å²) in [7, 11) is 0. The van der Waals surface area contributed by atoms with Crippen molar-refractivity contribution >= 4 is 0 Å². The zero-order valence-electron chi connectivity index (χ0n) is 8.97. The maximum absolute atomic E-state index is 3.85. The first kappa shape index (κ1) is 9.17. The highest BCUT2D eigenvalue weighted by atomic mass is 15.2. The summed E-state index contributed by atoms with van der Waals surface area (Å²) in [5, 5.41) is 0. The van der Waals surface area contributed by atoms with E-state index in [2.05, 4.69) is 41.8 Å². The fourth-order valence-corrected chi connectivity index (χ4v) is 3.02. The Labute approximate surface area is 91.4 Å². The zero-order chi connectivity index (χ0) is 10.3. The summed E-state index contributed by atoms with van der Waals surface area (Å²) in [4.78, 5) is 2.57. The van der Waals surface area contributed by atoms with Crippen molar-refractivity contribution in [1.82, 2.24) is 4.90 Å². The van der Waals surface area contributed by atoms with E-state index in [1.165, 1.54) is 18.5 Å². The molecule has 1 aliphatic heterocycles. The summed E-state index contributed by atoms with van der Waals surface area (Å²) in [5.74, 6) is 1.89. The minimum atomic E-state index is 0.661. The van der Waals surface area contributed by atoms with Crippen LogP contribution in [0.25, 0.3) is 0 Å². The predicted octanol–water partition coefficient (Wildman–Crippen LogP) is 2.87. The van der Waals surface area contributed by atoms with Crippen molar-refractivity contribution in [1.29, 1.82) is 0 Å². The van der Waals surface area contributed by atoms with Gasteiger partial charge in [-0.3, -0.25) is 4.90 Å². The Morgan fingerprint density at radius 3 is 2.87 bits per heavy atom. The largest absolute Gasteiger partial charge is 0.292 e. The maximum Gasteiger partial charge on any atom is 0.0382 e. The molecule has 1 aromatic rings. The van der Waals surface area contributed by atoms with Crippen LogP contribution in [0.15, 0.2) is 43.0 Å². The topological polar surface area (TPSA) is 3.24 Å². The number of nitrogens with zero attached hydrogens (tertiary/aromatic N) is 1. The predicted molar refractivity (Wildman–Crippen MR) is 62.6 cm³/mol. The van der Waals surface area contributed by atoms with Gasteiger partial charge in [0.2, 0.25) is 0 Å². The summed E-state index contributed by atoms with van der Waals surface area (Å²) in [5.41, 5.74) is 1.49. The van der Waals surface area contributed by atoms with Crippen LogP contribution in [0.4, 0.5) is 0 Å². The first-order chi connectivity index (χ1) is 7.40. The highest BCUT2D eigenvalue weighted by Crippen LogP contribution is 2.56. The number of hydrogen-bond acceptors (Lipinski definition) is 1. The van der Waals surface area contributed by atoms with Gasteiger partial charge in [-0.25, -0.2) is 0 Å². The van der Waals surface area contributed by atoms with Gasteiger partial charge in [-0.1, -0.05) is 36.4 Å². The molecule has 3 rings (SSSR count). The third-order valence-corrected chi connectivity index (χ3v) is 3.75. The molecule has 0 bridgehead atoms. The van der Waals surface area contributed by atoms with Gasteiger partial charge in [-0.15, -0.1) is 6.58 Å². The van der Waals surface area contributed by atoms with Gasteiger partial charge in [-0.05, 0) is 23.8 Å². The maximum atomic E-state index is 3.85. The van der Waals surface area contributed by atoms with Gasteiger partial charge < -0.3 is 0 Å². The molecule has 1 heteroatoms. The van der Waals surface area contributed by atoms with Crippen LogP contribution in [-0.4, -0.2) is 18.0 Å². The molecule has 3 atom stereocenters. The van der Waals surface area contributed by atoms with E-state index >= 15 is 0 Å². The van der Waals surface area contributed by atoms with E-state index in [0.29, 0.717) is 6.04 Å². The molecule has 1 nitrogen and oxygen atoms in total. The van der Waals surface area contributed by atoms with Crippen LogP contribution in [0.3, 0.4) is 0 Å². The SMILES string of the molecule is C=CCN1C[C@@H]2C[C@@H]2[C@@H]1c1ccccc1. The van der Waals surface area contributed by atoms with Crippen LogP contribution in [0.5, 0.6) is 0 Å². The van der Waals surface area contributed by atoms with Gasteiger partial charge in [0.15, 0.2) is 0 Å². The Morgan fingerprint density at radius 2 is 2.13 bits per heavy atom. The lowest BCUT2D eigenvalue weighted by molar-refractivity contribution is 0.246. The molecule has 1 saturated heterocycles. The van der Waals surface area contributed by atoms with E-state index in [4.69, 9.17) is 0 Å². The monoisotopic (exact) mass is 199 g/mol. The molecule has 0 radical (unpaired) electrons. The Hall–Kier alpha value is -1.08. The Morgan fingerprint density at radius 1 is 1.33 bits per heavy atom. The molecule has 0 N–H and O–H groups in total. The van der Waals surface area contributed by atoms with Gasteiger partial charge in [0.1, 0.15) is 0 Å². The van der Waals surface area contributed by atoms with E-state index in [1.807, 2.05) is 6.08 Å². The van der Waals surface area contributed by atoms with Crippen LogP contribution in [0.1, 0.15) is 18.0 Å². The molecule has 15 heavy (non-hydrogen) atoms. The van der Waals surface area contributed by atoms with Gasteiger partial charge in [-0.2, -0.15) is 0 Å².